The predicted molar refractivity (Wildman–Crippen MR) is 95.7 cm³/mol. The fourth-order valence-electron chi connectivity index (χ4n) is 2.63. The van der Waals surface area contributed by atoms with Gasteiger partial charge in [0.2, 0.25) is 11.8 Å². The lowest BCUT2D eigenvalue weighted by atomic mass is 10.1. The normalized spacial score (nSPS) is 11.2. The van der Waals surface area contributed by atoms with Crippen LogP contribution in [0.5, 0.6) is 0 Å². The number of benzene rings is 1. The van der Waals surface area contributed by atoms with Crippen molar-refractivity contribution in [3.05, 3.63) is 52.2 Å². The van der Waals surface area contributed by atoms with Crippen molar-refractivity contribution in [2.75, 3.05) is 0 Å². The van der Waals surface area contributed by atoms with Crippen molar-refractivity contribution >= 4 is 17.5 Å². The zero-order valence-corrected chi connectivity index (χ0v) is 15.7. The van der Waals surface area contributed by atoms with Gasteiger partial charge in [0.05, 0.1) is 22.8 Å². The number of aryl methyl sites for hydroxylation is 2. The third-order valence-corrected chi connectivity index (χ3v) is 4.34. The lowest BCUT2D eigenvalue weighted by Crippen LogP contribution is -2.37. The van der Waals surface area contributed by atoms with Crippen LogP contribution in [0.2, 0.25) is 5.02 Å². The van der Waals surface area contributed by atoms with Crippen LogP contribution in [0.15, 0.2) is 33.2 Å². The van der Waals surface area contributed by atoms with Crippen LogP contribution in [0.1, 0.15) is 41.6 Å². The summed E-state index contributed by atoms with van der Waals surface area (Å²) in [6.07, 6.45) is 0. The molecule has 7 nitrogen and oxygen atoms in total. The number of nitrogens with zero attached hydrogens (tertiary/aromatic N) is 4. The summed E-state index contributed by atoms with van der Waals surface area (Å²) < 4.78 is 10.8. The zero-order chi connectivity index (χ0) is 18.8. The summed E-state index contributed by atoms with van der Waals surface area (Å²) in [6, 6.07) is 7.14. The van der Waals surface area contributed by atoms with Crippen LogP contribution < -0.4 is 0 Å². The minimum atomic E-state index is -0.186. The molecule has 1 amide bonds. The van der Waals surface area contributed by atoms with E-state index in [2.05, 4.69) is 15.4 Å². The van der Waals surface area contributed by atoms with Gasteiger partial charge in [-0.3, -0.25) is 4.79 Å². The van der Waals surface area contributed by atoms with Crippen molar-refractivity contribution in [3.8, 4) is 11.5 Å². The van der Waals surface area contributed by atoms with Crippen LogP contribution in [0, 0.1) is 13.8 Å². The Bertz CT molecular complexity index is 913. The molecular formula is C18H19ClN4O3. The van der Waals surface area contributed by atoms with Crippen LogP contribution >= 0.6 is 11.6 Å². The lowest BCUT2D eigenvalue weighted by molar-refractivity contribution is 0.0670. The summed E-state index contributed by atoms with van der Waals surface area (Å²) in [5.41, 5.74) is 1.67. The number of rotatable bonds is 5. The molecule has 0 unspecified atom stereocenters. The highest BCUT2D eigenvalue weighted by Crippen LogP contribution is 2.27. The van der Waals surface area contributed by atoms with E-state index in [1.165, 1.54) is 0 Å². The van der Waals surface area contributed by atoms with Crippen LogP contribution in [0.3, 0.4) is 0 Å². The van der Waals surface area contributed by atoms with Crippen molar-refractivity contribution in [1.82, 2.24) is 20.3 Å². The monoisotopic (exact) mass is 374 g/mol. The largest absolute Gasteiger partial charge is 0.419 e. The van der Waals surface area contributed by atoms with Gasteiger partial charge in [-0.25, -0.2) is 0 Å². The molecule has 0 atom stereocenters. The van der Waals surface area contributed by atoms with Crippen LogP contribution in [-0.2, 0) is 6.54 Å². The molecule has 0 aliphatic heterocycles. The number of carbonyl (C=O) groups is 1. The van der Waals surface area contributed by atoms with Crippen LogP contribution in [0.4, 0.5) is 0 Å². The summed E-state index contributed by atoms with van der Waals surface area (Å²) in [5.74, 6) is 0.946. The van der Waals surface area contributed by atoms with E-state index in [-0.39, 0.29) is 18.5 Å². The van der Waals surface area contributed by atoms with E-state index in [4.69, 9.17) is 20.5 Å². The second-order valence-corrected chi connectivity index (χ2v) is 6.61. The van der Waals surface area contributed by atoms with Gasteiger partial charge in [0.15, 0.2) is 0 Å². The molecule has 0 radical (unpaired) electrons. The molecular weight excluding hydrogens is 356 g/mol. The van der Waals surface area contributed by atoms with Crippen molar-refractivity contribution in [3.63, 3.8) is 0 Å². The Morgan fingerprint density at radius 3 is 2.58 bits per heavy atom. The lowest BCUT2D eigenvalue weighted by Gasteiger charge is -2.25. The minimum absolute atomic E-state index is 0.0770. The molecule has 0 bridgehead atoms. The van der Waals surface area contributed by atoms with Gasteiger partial charge in [0, 0.05) is 6.04 Å². The first-order chi connectivity index (χ1) is 12.4. The molecule has 26 heavy (non-hydrogen) atoms. The second kappa shape index (κ2) is 7.29. The minimum Gasteiger partial charge on any atom is -0.419 e. The van der Waals surface area contributed by atoms with E-state index >= 15 is 0 Å². The van der Waals surface area contributed by atoms with Gasteiger partial charge in [-0.15, -0.1) is 10.2 Å². The maximum absolute atomic E-state index is 12.9. The van der Waals surface area contributed by atoms with Gasteiger partial charge in [-0.2, -0.15) is 0 Å². The van der Waals surface area contributed by atoms with Gasteiger partial charge in [-0.05, 0) is 39.8 Å². The summed E-state index contributed by atoms with van der Waals surface area (Å²) >= 11 is 6.17. The molecule has 2 aromatic heterocycles. The molecule has 3 aromatic rings. The highest BCUT2D eigenvalue weighted by Gasteiger charge is 2.27. The third kappa shape index (κ3) is 3.48. The average Bonchev–Trinajstić information content (AvgIpc) is 3.19. The molecule has 2 heterocycles. The summed E-state index contributed by atoms with van der Waals surface area (Å²) in [7, 11) is 0. The van der Waals surface area contributed by atoms with Crippen molar-refractivity contribution in [1.29, 1.82) is 0 Å². The number of amides is 1. The van der Waals surface area contributed by atoms with Crippen molar-refractivity contribution in [2.45, 2.75) is 40.3 Å². The molecule has 1 aromatic carbocycles. The van der Waals surface area contributed by atoms with Gasteiger partial charge >= 0.3 is 0 Å². The summed E-state index contributed by atoms with van der Waals surface area (Å²) in [5, 5.41) is 12.5. The van der Waals surface area contributed by atoms with Gasteiger partial charge < -0.3 is 13.8 Å². The molecule has 0 aliphatic rings. The number of carbonyl (C=O) groups excluding carboxylic acids is 1. The molecule has 0 saturated heterocycles. The van der Waals surface area contributed by atoms with E-state index in [9.17, 15) is 4.79 Å². The number of aromatic nitrogens is 3. The first-order valence-electron chi connectivity index (χ1n) is 8.19. The van der Waals surface area contributed by atoms with E-state index in [1.54, 1.807) is 30.9 Å². The Kier molecular flexibility index (Phi) is 5.08. The number of hydrogen-bond donors (Lipinski definition) is 0. The van der Waals surface area contributed by atoms with Gasteiger partial charge in [0.25, 0.3) is 5.91 Å². The maximum atomic E-state index is 12.9. The van der Waals surface area contributed by atoms with Gasteiger partial charge in [0.1, 0.15) is 11.3 Å². The Balaban J connectivity index is 1.86. The van der Waals surface area contributed by atoms with Crippen LogP contribution in [0.25, 0.3) is 11.5 Å². The molecule has 0 fully saturated rings. The first kappa shape index (κ1) is 18.1. The third-order valence-electron chi connectivity index (χ3n) is 4.01. The molecule has 0 aliphatic carbocycles. The second-order valence-electron chi connectivity index (χ2n) is 6.21. The summed E-state index contributed by atoms with van der Waals surface area (Å²) in [4.78, 5) is 14.6. The predicted octanol–water partition coefficient (Wildman–Crippen LogP) is 4.05. The van der Waals surface area contributed by atoms with Crippen molar-refractivity contribution < 1.29 is 13.7 Å². The smallest absolute Gasteiger partial charge is 0.260 e. The van der Waals surface area contributed by atoms with Crippen LogP contribution in [-0.4, -0.2) is 32.2 Å². The molecule has 3 rings (SSSR count). The van der Waals surface area contributed by atoms with E-state index in [0.717, 1.165) is 0 Å². The SMILES string of the molecule is Cc1noc(C)c1C(=O)N(Cc1nnc(-c2ccccc2Cl)o1)C(C)C. The fourth-order valence-corrected chi connectivity index (χ4v) is 2.84. The maximum Gasteiger partial charge on any atom is 0.260 e. The molecule has 0 N–H and O–H groups in total. The Morgan fingerprint density at radius 1 is 1.23 bits per heavy atom. The Labute approximate surface area is 155 Å². The summed E-state index contributed by atoms with van der Waals surface area (Å²) in [6.45, 7) is 7.47. The topological polar surface area (TPSA) is 85.3 Å². The first-order valence-corrected chi connectivity index (χ1v) is 8.57. The number of hydrogen-bond acceptors (Lipinski definition) is 6. The standard InChI is InChI=1S/C18H19ClN4O3/c1-10(2)23(18(24)16-11(3)22-26-12(16)4)9-15-20-21-17(25-15)13-7-5-6-8-14(13)19/h5-8,10H,9H2,1-4H3. The Hall–Kier alpha value is -2.67. The molecule has 0 spiro atoms. The van der Waals surface area contributed by atoms with Crippen molar-refractivity contribution in [2.24, 2.45) is 0 Å². The van der Waals surface area contributed by atoms with E-state index in [0.29, 0.717) is 39.4 Å². The average molecular weight is 375 g/mol. The zero-order valence-electron chi connectivity index (χ0n) is 15.0. The van der Waals surface area contributed by atoms with E-state index in [1.807, 2.05) is 26.0 Å². The highest BCUT2D eigenvalue weighted by atomic mass is 35.5. The Morgan fingerprint density at radius 2 is 1.96 bits per heavy atom. The van der Waals surface area contributed by atoms with Gasteiger partial charge in [-0.1, -0.05) is 28.9 Å². The molecule has 136 valence electrons. The fraction of sp³-hybridized carbons (Fsp3) is 0.333. The number of halogens is 1. The molecule has 0 saturated carbocycles. The highest BCUT2D eigenvalue weighted by molar-refractivity contribution is 6.33. The quantitative estimate of drug-likeness (QED) is 0.669. The molecule has 8 heteroatoms. The van der Waals surface area contributed by atoms with E-state index < -0.39 is 0 Å².